The zero-order valence-corrected chi connectivity index (χ0v) is 9.14. The first-order valence-electron chi connectivity index (χ1n) is 5.52. The van der Waals surface area contributed by atoms with Crippen molar-refractivity contribution in [1.82, 2.24) is 4.90 Å². The molecule has 1 saturated carbocycles. The summed E-state index contributed by atoms with van der Waals surface area (Å²) in [5.74, 6) is 1.20. The number of hydrogen-bond acceptors (Lipinski definition) is 1. The Hall–Kier alpha value is -0.530. The summed E-state index contributed by atoms with van der Waals surface area (Å²) in [4.78, 5) is 2.29. The number of hydrogen-bond donors (Lipinski definition) is 1. The van der Waals surface area contributed by atoms with Crippen LogP contribution in [0.4, 0.5) is 0 Å². The first-order valence-corrected chi connectivity index (χ1v) is 5.52. The molecule has 0 aliphatic heterocycles. The van der Waals surface area contributed by atoms with Crippen LogP contribution in [0.3, 0.4) is 0 Å². The molecule has 1 aliphatic carbocycles. The van der Waals surface area contributed by atoms with Gasteiger partial charge >= 0.3 is 0 Å². The van der Waals surface area contributed by atoms with Crippen LogP contribution in [0.1, 0.15) is 46.5 Å². The molecule has 0 spiro atoms. The van der Waals surface area contributed by atoms with Gasteiger partial charge in [-0.1, -0.05) is 26.7 Å². The maximum absolute atomic E-state index is 7.99. The van der Waals surface area contributed by atoms with Crippen molar-refractivity contribution < 1.29 is 0 Å². The first-order chi connectivity index (χ1) is 6.16. The summed E-state index contributed by atoms with van der Waals surface area (Å²) in [7, 11) is 0. The molecular formula is C11H22N2. The molecule has 1 rings (SSSR count). The van der Waals surface area contributed by atoms with Gasteiger partial charge in [0.2, 0.25) is 0 Å². The van der Waals surface area contributed by atoms with Gasteiger partial charge < -0.3 is 4.90 Å². The van der Waals surface area contributed by atoms with Crippen molar-refractivity contribution in [3.63, 3.8) is 0 Å². The van der Waals surface area contributed by atoms with Crippen LogP contribution in [0, 0.1) is 11.3 Å². The summed E-state index contributed by atoms with van der Waals surface area (Å²) >= 11 is 0. The van der Waals surface area contributed by atoms with Crippen molar-refractivity contribution in [3.05, 3.63) is 0 Å². The van der Waals surface area contributed by atoms with Gasteiger partial charge in [-0.25, -0.2) is 0 Å². The summed E-state index contributed by atoms with van der Waals surface area (Å²) < 4.78 is 0. The van der Waals surface area contributed by atoms with Crippen LogP contribution in [0.25, 0.3) is 0 Å². The van der Waals surface area contributed by atoms with Gasteiger partial charge in [-0.2, -0.15) is 0 Å². The molecular weight excluding hydrogens is 160 g/mol. The molecule has 0 saturated heterocycles. The van der Waals surface area contributed by atoms with E-state index in [1.165, 1.54) is 25.7 Å². The minimum atomic E-state index is 0.376. The van der Waals surface area contributed by atoms with Gasteiger partial charge in [0.1, 0.15) is 0 Å². The van der Waals surface area contributed by atoms with Gasteiger partial charge in [-0.3, -0.25) is 5.41 Å². The molecule has 0 heterocycles. The van der Waals surface area contributed by atoms with Crippen molar-refractivity contribution in [3.8, 4) is 0 Å². The highest BCUT2D eigenvalue weighted by Gasteiger charge is 2.24. The van der Waals surface area contributed by atoms with E-state index in [1.54, 1.807) is 0 Å². The minimum absolute atomic E-state index is 0.376. The van der Waals surface area contributed by atoms with E-state index in [4.69, 9.17) is 5.41 Å². The van der Waals surface area contributed by atoms with Crippen molar-refractivity contribution >= 4 is 5.84 Å². The lowest BCUT2D eigenvalue weighted by Gasteiger charge is -2.31. The van der Waals surface area contributed by atoms with E-state index in [0.717, 1.165) is 12.4 Å². The van der Waals surface area contributed by atoms with E-state index < -0.39 is 0 Å². The average molecular weight is 182 g/mol. The second kappa shape index (κ2) is 4.64. The zero-order chi connectivity index (χ0) is 9.84. The Morgan fingerprint density at radius 2 is 1.92 bits per heavy atom. The molecule has 0 atom stereocenters. The number of rotatable bonds is 3. The molecule has 13 heavy (non-hydrogen) atoms. The van der Waals surface area contributed by atoms with Gasteiger partial charge in [0.05, 0.1) is 5.84 Å². The second-order valence-corrected chi connectivity index (χ2v) is 4.26. The summed E-state index contributed by atoms with van der Waals surface area (Å²) in [6.45, 7) is 7.39. The van der Waals surface area contributed by atoms with Gasteiger partial charge in [0.15, 0.2) is 0 Å². The fourth-order valence-corrected chi connectivity index (χ4v) is 2.17. The molecule has 0 bridgehead atoms. The summed E-state index contributed by atoms with van der Waals surface area (Å²) in [6, 6.07) is 0.667. The molecule has 0 radical (unpaired) electrons. The molecule has 0 aromatic carbocycles. The largest absolute Gasteiger partial charge is 0.358 e. The minimum Gasteiger partial charge on any atom is -0.358 e. The molecule has 0 amide bonds. The van der Waals surface area contributed by atoms with E-state index in [2.05, 4.69) is 25.7 Å². The summed E-state index contributed by atoms with van der Waals surface area (Å²) in [5, 5.41) is 7.99. The highest BCUT2D eigenvalue weighted by molar-refractivity contribution is 5.81. The lowest BCUT2D eigenvalue weighted by Crippen LogP contribution is -2.40. The van der Waals surface area contributed by atoms with Crippen LogP contribution < -0.4 is 0 Å². The van der Waals surface area contributed by atoms with Crippen LogP contribution in [0.5, 0.6) is 0 Å². The first kappa shape index (κ1) is 10.6. The molecule has 1 aliphatic rings. The van der Waals surface area contributed by atoms with Crippen LogP contribution in [-0.2, 0) is 0 Å². The Morgan fingerprint density at radius 3 is 2.31 bits per heavy atom. The molecule has 0 unspecified atom stereocenters. The van der Waals surface area contributed by atoms with Crippen LogP contribution in [-0.4, -0.2) is 23.3 Å². The summed E-state index contributed by atoms with van der Waals surface area (Å²) in [6.07, 6.45) is 5.30. The van der Waals surface area contributed by atoms with Gasteiger partial charge in [-0.15, -0.1) is 0 Å². The van der Waals surface area contributed by atoms with Gasteiger partial charge in [0, 0.05) is 18.5 Å². The smallest absolute Gasteiger partial charge is 0.0986 e. The Labute approximate surface area is 81.8 Å². The zero-order valence-electron chi connectivity index (χ0n) is 9.14. The average Bonchev–Trinajstić information content (AvgIpc) is 2.58. The highest BCUT2D eigenvalue weighted by Crippen LogP contribution is 2.24. The number of nitrogens with one attached hydrogen (secondary N) is 1. The fraction of sp³-hybridized carbons (Fsp3) is 0.909. The number of amidine groups is 1. The van der Waals surface area contributed by atoms with Crippen molar-refractivity contribution in [2.45, 2.75) is 52.5 Å². The normalized spacial score (nSPS) is 18.2. The van der Waals surface area contributed by atoms with Crippen LogP contribution in [0.2, 0.25) is 0 Å². The van der Waals surface area contributed by atoms with Crippen molar-refractivity contribution in [1.29, 1.82) is 5.41 Å². The van der Waals surface area contributed by atoms with Crippen molar-refractivity contribution in [2.75, 3.05) is 6.54 Å². The second-order valence-electron chi connectivity index (χ2n) is 4.26. The number of nitrogens with zero attached hydrogens (tertiary/aromatic N) is 1. The Balaban J connectivity index is 2.55. The molecule has 1 N–H and O–H groups in total. The van der Waals surface area contributed by atoms with Crippen molar-refractivity contribution in [2.24, 2.45) is 5.92 Å². The Kier molecular flexibility index (Phi) is 3.76. The molecule has 2 heteroatoms. The molecule has 2 nitrogen and oxygen atoms in total. The standard InChI is InChI=1S/C11H22N2/c1-4-13(11(12)9(2)3)10-7-5-6-8-10/h9-10,12H,4-8H2,1-3H3. The molecule has 1 fully saturated rings. The van der Waals surface area contributed by atoms with E-state index in [0.29, 0.717) is 12.0 Å². The van der Waals surface area contributed by atoms with E-state index in [1.807, 2.05) is 0 Å². The lowest BCUT2D eigenvalue weighted by molar-refractivity contribution is 0.313. The van der Waals surface area contributed by atoms with Gasteiger partial charge in [0.25, 0.3) is 0 Å². The quantitative estimate of drug-likeness (QED) is 0.527. The molecule has 0 aromatic heterocycles. The van der Waals surface area contributed by atoms with E-state index in [9.17, 15) is 0 Å². The SMILES string of the molecule is CCN(C(=N)C(C)C)C1CCCC1. The Bertz CT molecular complexity index is 169. The predicted molar refractivity (Wildman–Crippen MR) is 57.2 cm³/mol. The lowest BCUT2D eigenvalue weighted by atomic mass is 10.1. The fourth-order valence-electron chi connectivity index (χ4n) is 2.17. The molecule has 0 aromatic rings. The third kappa shape index (κ3) is 2.45. The Morgan fingerprint density at radius 1 is 1.38 bits per heavy atom. The third-order valence-corrected chi connectivity index (χ3v) is 2.96. The van der Waals surface area contributed by atoms with Gasteiger partial charge in [-0.05, 0) is 19.8 Å². The van der Waals surface area contributed by atoms with E-state index >= 15 is 0 Å². The third-order valence-electron chi connectivity index (χ3n) is 2.96. The summed E-state index contributed by atoms with van der Waals surface area (Å²) in [5.41, 5.74) is 0. The highest BCUT2D eigenvalue weighted by atomic mass is 15.2. The topological polar surface area (TPSA) is 27.1 Å². The maximum Gasteiger partial charge on any atom is 0.0986 e. The van der Waals surface area contributed by atoms with Crippen LogP contribution in [0.15, 0.2) is 0 Å². The maximum atomic E-state index is 7.99. The monoisotopic (exact) mass is 182 g/mol. The predicted octanol–water partition coefficient (Wildman–Crippen LogP) is 2.88. The van der Waals surface area contributed by atoms with E-state index in [-0.39, 0.29) is 0 Å². The van der Waals surface area contributed by atoms with Crippen LogP contribution >= 0.6 is 0 Å². The molecule has 76 valence electrons.